The number of nitrogens with one attached hydrogen (secondary N) is 2. The van der Waals surface area contributed by atoms with Gasteiger partial charge >= 0.3 is 0 Å². The summed E-state index contributed by atoms with van der Waals surface area (Å²) in [5.41, 5.74) is 4.50. The van der Waals surface area contributed by atoms with Gasteiger partial charge in [-0.1, -0.05) is 36.7 Å². The first-order valence-electron chi connectivity index (χ1n) is 7.16. The molecule has 110 valence electrons. The highest BCUT2D eigenvalue weighted by Gasteiger charge is 2.09. The zero-order valence-corrected chi connectivity index (χ0v) is 13.0. The van der Waals surface area contributed by atoms with Crippen LogP contribution in [0.3, 0.4) is 0 Å². The maximum absolute atomic E-state index is 6.41. The molecule has 0 radical (unpaired) electrons. The van der Waals surface area contributed by atoms with Gasteiger partial charge in [0.1, 0.15) is 0 Å². The lowest BCUT2D eigenvalue weighted by Crippen LogP contribution is -2.13. The number of H-pyrrole nitrogens is 1. The Morgan fingerprint density at radius 2 is 2.10 bits per heavy atom. The van der Waals surface area contributed by atoms with Gasteiger partial charge in [0, 0.05) is 48.5 Å². The van der Waals surface area contributed by atoms with E-state index in [0.717, 1.165) is 40.3 Å². The fourth-order valence-corrected chi connectivity index (χ4v) is 2.92. The average Bonchev–Trinajstić information content (AvgIpc) is 3.00. The summed E-state index contributed by atoms with van der Waals surface area (Å²) in [7, 11) is 1.96. The van der Waals surface area contributed by atoms with Crippen LogP contribution in [0.4, 0.5) is 0 Å². The predicted molar refractivity (Wildman–Crippen MR) is 86.4 cm³/mol. The summed E-state index contributed by atoms with van der Waals surface area (Å²) in [4.78, 5) is 3.37. The third-order valence-corrected chi connectivity index (χ3v) is 4.09. The van der Waals surface area contributed by atoms with Crippen LogP contribution in [0.25, 0.3) is 10.9 Å². The third kappa shape index (κ3) is 2.82. The van der Waals surface area contributed by atoms with Gasteiger partial charge in [-0.25, -0.2) is 0 Å². The van der Waals surface area contributed by atoms with E-state index in [4.69, 9.17) is 11.6 Å². The van der Waals surface area contributed by atoms with Crippen LogP contribution < -0.4 is 5.32 Å². The molecule has 0 unspecified atom stereocenters. The molecule has 0 saturated carbocycles. The summed E-state index contributed by atoms with van der Waals surface area (Å²) in [6.45, 7) is 3.63. The Labute approximate surface area is 129 Å². The Balaban J connectivity index is 1.70. The number of hydrogen-bond donors (Lipinski definition) is 2. The van der Waals surface area contributed by atoms with E-state index in [1.54, 1.807) is 0 Å². The van der Waals surface area contributed by atoms with Crippen molar-refractivity contribution in [3.05, 3.63) is 52.4 Å². The van der Waals surface area contributed by atoms with E-state index in [0.29, 0.717) is 6.54 Å². The monoisotopic (exact) mass is 302 g/mol. The topological polar surface area (TPSA) is 45.6 Å². The van der Waals surface area contributed by atoms with E-state index in [2.05, 4.69) is 28.5 Å². The van der Waals surface area contributed by atoms with Gasteiger partial charge in [-0.05, 0) is 12.5 Å². The van der Waals surface area contributed by atoms with Crippen LogP contribution in [0.5, 0.6) is 0 Å². The van der Waals surface area contributed by atoms with Crippen LogP contribution in [-0.2, 0) is 26.6 Å². The van der Waals surface area contributed by atoms with Crippen LogP contribution in [0.1, 0.15) is 23.9 Å². The second kappa shape index (κ2) is 5.92. The summed E-state index contributed by atoms with van der Waals surface area (Å²) in [6.07, 6.45) is 3.02. The zero-order valence-electron chi connectivity index (χ0n) is 12.3. The lowest BCUT2D eigenvalue weighted by Gasteiger charge is -2.03. The molecule has 0 aliphatic heterocycles. The lowest BCUT2D eigenvalue weighted by molar-refractivity contribution is 0.679. The first-order valence-corrected chi connectivity index (χ1v) is 7.54. The maximum atomic E-state index is 6.41. The smallest absolute Gasteiger partial charge is 0.0705 e. The van der Waals surface area contributed by atoms with Crippen molar-refractivity contribution in [1.82, 2.24) is 20.1 Å². The van der Waals surface area contributed by atoms with Crippen molar-refractivity contribution in [3.8, 4) is 0 Å². The van der Waals surface area contributed by atoms with Crippen molar-refractivity contribution >= 4 is 22.5 Å². The highest BCUT2D eigenvalue weighted by Crippen LogP contribution is 2.27. The van der Waals surface area contributed by atoms with Crippen molar-refractivity contribution in [2.24, 2.45) is 7.05 Å². The third-order valence-electron chi connectivity index (χ3n) is 3.66. The van der Waals surface area contributed by atoms with Gasteiger partial charge < -0.3 is 10.3 Å². The summed E-state index contributed by atoms with van der Waals surface area (Å²) in [5.74, 6) is 0. The van der Waals surface area contributed by atoms with Crippen LogP contribution in [0.2, 0.25) is 5.02 Å². The van der Waals surface area contributed by atoms with Gasteiger partial charge in [0.15, 0.2) is 0 Å². The molecule has 0 atom stereocenters. The summed E-state index contributed by atoms with van der Waals surface area (Å²) in [6, 6.07) is 8.09. The summed E-state index contributed by atoms with van der Waals surface area (Å²) in [5, 5.41) is 9.77. The van der Waals surface area contributed by atoms with Crippen molar-refractivity contribution < 1.29 is 0 Å². The number of nitrogens with zero attached hydrogens (tertiary/aromatic N) is 2. The molecule has 2 aromatic heterocycles. The van der Waals surface area contributed by atoms with Crippen LogP contribution in [0.15, 0.2) is 30.5 Å². The highest BCUT2D eigenvalue weighted by atomic mass is 35.5. The second-order valence-corrected chi connectivity index (χ2v) is 5.57. The fraction of sp³-hybridized carbons (Fsp3) is 0.312. The highest BCUT2D eigenvalue weighted by molar-refractivity contribution is 6.36. The van der Waals surface area contributed by atoms with Gasteiger partial charge in [0.2, 0.25) is 0 Å². The molecule has 0 aliphatic carbocycles. The normalized spacial score (nSPS) is 11.4. The standard InChI is InChI=1S/C16H19ClN4/c1-3-13-11(10-21(2)20-13)8-18-9-15-16(17)12-6-4-5-7-14(12)19-15/h4-7,10,18-19H,3,8-9H2,1-2H3. The average molecular weight is 303 g/mol. The van der Waals surface area contributed by atoms with E-state index in [9.17, 15) is 0 Å². The number of aromatic nitrogens is 3. The molecule has 0 saturated heterocycles. The van der Waals surface area contributed by atoms with Crippen LogP contribution >= 0.6 is 11.6 Å². The molecular weight excluding hydrogens is 284 g/mol. The van der Waals surface area contributed by atoms with Gasteiger partial charge in [0.05, 0.1) is 10.7 Å². The first kappa shape index (κ1) is 14.2. The van der Waals surface area contributed by atoms with Crippen molar-refractivity contribution in [2.45, 2.75) is 26.4 Å². The van der Waals surface area contributed by atoms with Crippen molar-refractivity contribution in [1.29, 1.82) is 0 Å². The molecule has 0 bridgehead atoms. The Morgan fingerprint density at radius 3 is 2.86 bits per heavy atom. The first-order chi connectivity index (χ1) is 10.2. The quantitative estimate of drug-likeness (QED) is 0.758. The Morgan fingerprint density at radius 1 is 1.29 bits per heavy atom. The number of fused-ring (bicyclic) bond motifs is 1. The maximum Gasteiger partial charge on any atom is 0.0705 e. The van der Waals surface area contributed by atoms with Gasteiger partial charge in [-0.3, -0.25) is 4.68 Å². The number of rotatable bonds is 5. The van der Waals surface area contributed by atoms with Crippen molar-refractivity contribution in [3.63, 3.8) is 0 Å². The minimum Gasteiger partial charge on any atom is -0.356 e. The lowest BCUT2D eigenvalue weighted by atomic mass is 10.2. The SMILES string of the molecule is CCc1nn(C)cc1CNCc1[nH]c2ccccc2c1Cl. The molecule has 0 fully saturated rings. The van der Waals surface area contributed by atoms with Crippen molar-refractivity contribution in [2.75, 3.05) is 0 Å². The van der Waals surface area contributed by atoms with E-state index in [1.165, 1.54) is 5.56 Å². The number of aryl methyl sites for hydroxylation is 2. The molecule has 0 spiro atoms. The zero-order chi connectivity index (χ0) is 14.8. The van der Waals surface area contributed by atoms with Crippen LogP contribution in [-0.4, -0.2) is 14.8 Å². The molecule has 0 amide bonds. The Kier molecular flexibility index (Phi) is 3.99. The van der Waals surface area contributed by atoms with E-state index in [1.807, 2.05) is 36.0 Å². The second-order valence-electron chi connectivity index (χ2n) is 5.19. The summed E-state index contributed by atoms with van der Waals surface area (Å²) >= 11 is 6.41. The molecule has 1 aromatic carbocycles. The predicted octanol–water partition coefficient (Wildman–Crippen LogP) is 3.41. The molecule has 2 N–H and O–H groups in total. The van der Waals surface area contributed by atoms with E-state index in [-0.39, 0.29) is 0 Å². The number of aromatic amines is 1. The molecule has 21 heavy (non-hydrogen) atoms. The number of para-hydroxylation sites is 1. The molecular formula is C16H19ClN4. The molecule has 0 aliphatic rings. The number of hydrogen-bond acceptors (Lipinski definition) is 2. The van der Waals surface area contributed by atoms with E-state index < -0.39 is 0 Å². The van der Waals surface area contributed by atoms with Gasteiger partial charge in [0.25, 0.3) is 0 Å². The number of halogens is 1. The minimum atomic E-state index is 0.714. The number of benzene rings is 1. The molecule has 5 heteroatoms. The molecule has 2 heterocycles. The summed E-state index contributed by atoms with van der Waals surface area (Å²) < 4.78 is 1.87. The fourth-order valence-electron chi connectivity index (χ4n) is 2.64. The molecule has 3 aromatic rings. The minimum absolute atomic E-state index is 0.714. The Hall–Kier alpha value is -1.78. The largest absolute Gasteiger partial charge is 0.356 e. The van der Waals surface area contributed by atoms with Gasteiger partial charge in [-0.2, -0.15) is 5.10 Å². The van der Waals surface area contributed by atoms with Crippen LogP contribution in [0, 0.1) is 0 Å². The molecule has 3 rings (SSSR count). The van der Waals surface area contributed by atoms with Gasteiger partial charge in [-0.15, -0.1) is 0 Å². The van der Waals surface area contributed by atoms with E-state index >= 15 is 0 Å². The molecule has 4 nitrogen and oxygen atoms in total. The Bertz CT molecular complexity index is 757.